The van der Waals surface area contributed by atoms with Crippen molar-refractivity contribution in [3.63, 3.8) is 0 Å². The highest BCUT2D eigenvalue weighted by atomic mass is 16.7. The molecular formula is C44H88N2O5. The van der Waals surface area contributed by atoms with Gasteiger partial charge in [0.25, 0.3) is 0 Å². The normalized spacial score (nSPS) is 13.6. The van der Waals surface area contributed by atoms with E-state index in [0.717, 1.165) is 89.9 Å². The van der Waals surface area contributed by atoms with Crippen molar-refractivity contribution in [2.45, 2.75) is 234 Å². The van der Waals surface area contributed by atoms with Crippen LogP contribution in [0.2, 0.25) is 0 Å². The summed E-state index contributed by atoms with van der Waals surface area (Å²) in [6.07, 6.45) is 29.6. The maximum absolute atomic E-state index is 12.9. The fourth-order valence-electron chi connectivity index (χ4n) is 7.48. The Balaban J connectivity index is 4.87. The van der Waals surface area contributed by atoms with E-state index in [9.17, 15) is 9.59 Å². The molecule has 3 atom stereocenters. The molecular weight excluding hydrogens is 636 g/mol. The monoisotopic (exact) mass is 725 g/mol. The molecule has 1 N–H and O–H groups in total. The second kappa shape index (κ2) is 35.7. The molecule has 0 radical (unpaired) electrons. The molecule has 0 saturated heterocycles. The summed E-state index contributed by atoms with van der Waals surface area (Å²) in [7, 11) is 0. The molecule has 0 aromatic rings. The van der Waals surface area contributed by atoms with E-state index in [-0.39, 0.29) is 12.5 Å². The second-order valence-electron chi connectivity index (χ2n) is 15.8. The van der Waals surface area contributed by atoms with Gasteiger partial charge in [0.1, 0.15) is 12.7 Å². The fourth-order valence-corrected chi connectivity index (χ4v) is 7.48. The van der Waals surface area contributed by atoms with Crippen LogP contribution in [0.25, 0.3) is 0 Å². The Morgan fingerprint density at radius 3 is 1.49 bits per heavy atom. The number of nitrogens with zero attached hydrogens (tertiary/aromatic N) is 2. The van der Waals surface area contributed by atoms with Gasteiger partial charge in [-0.25, -0.2) is 4.79 Å². The summed E-state index contributed by atoms with van der Waals surface area (Å²) < 4.78 is 11.6. The van der Waals surface area contributed by atoms with Crippen LogP contribution in [-0.2, 0) is 14.3 Å². The zero-order chi connectivity index (χ0) is 38.0. The standard InChI is InChI=1S/C44H88N2O5/c1-8-12-15-17-18-19-23-27-32-42(33-28-24-20-21-25-29-34-43(47)48)51-44(49)50-38-37-46(39(5)6)36-35-45(11-4)40(7)41(30-14-10-3)31-26-22-16-13-9-2/h39-42H,8-38H2,1-7H3,(H,47,48). The number of unbranched alkanes of at least 4 members (excludes halogenated alkanes) is 17. The van der Waals surface area contributed by atoms with Crippen LogP contribution >= 0.6 is 0 Å². The number of likely N-dealkylation sites (N-methyl/N-ethyl adjacent to an activating group) is 1. The molecule has 0 spiro atoms. The average molecular weight is 725 g/mol. The van der Waals surface area contributed by atoms with Gasteiger partial charge in [-0.15, -0.1) is 0 Å². The van der Waals surface area contributed by atoms with Crippen LogP contribution in [0.4, 0.5) is 4.79 Å². The number of carbonyl (C=O) groups is 2. The Bertz CT molecular complexity index is 779. The Morgan fingerprint density at radius 1 is 0.549 bits per heavy atom. The van der Waals surface area contributed by atoms with Crippen LogP contribution in [0.3, 0.4) is 0 Å². The van der Waals surface area contributed by atoms with E-state index < -0.39 is 12.1 Å². The zero-order valence-electron chi connectivity index (χ0n) is 35.2. The smallest absolute Gasteiger partial charge is 0.481 e. The predicted octanol–water partition coefficient (Wildman–Crippen LogP) is 12.8. The van der Waals surface area contributed by atoms with Gasteiger partial charge in [-0.1, -0.05) is 143 Å². The van der Waals surface area contributed by atoms with Crippen LogP contribution in [0.1, 0.15) is 215 Å². The number of aliphatic carboxylic acids is 1. The number of hydrogen-bond acceptors (Lipinski definition) is 6. The maximum atomic E-state index is 12.9. The van der Waals surface area contributed by atoms with Crippen LogP contribution in [0, 0.1) is 5.92 Å². The van der Waals surface area contributed by atoms with E-state index in [2.05, 4.69) is 58.3 Å². The second-order valence-corrected chi connectivity index (χ2v) is 15.8. The van der Waals surface area contributed by atoms with Crippen molar-refractivity contribution >= 4 is 12.1 Å². The Hall–Kier alpha value is -1.34. The van der Waals surface area contributed by atoms with Crippen LogP contribution in [-0.4, -0.2) is 78.0 Å². The van der Waals surface area contributed by atoms with Crippen molar-refractivity contribution in [3.05, 3.63) is 0 Å². The summed E-state index contributed by atoms with van der Waals surface area (Å²) in [6.45, 7) is 20.3. The molecule has 0 heterocycles. The Kier molecular flexibility index (Phi) is 34.7. The van der Waals surface area contributed by atoms with E-state index in [0.29, 0.717) is 18.7 Å². The highest BCUT2D eigenvalue weighted by Gasteiger charge is 2.23. The number of hydrogen-bond donors (Lipinski definition) is 1. The third-order valence-electron chi connectivity index (χ3n) is 11.1. The van der Waals surface area contributed by atoms with E-state index in [1.807, 2.05) is 0 Å². The minimum atomic E-state index is -0.706. The lowest BCUT2D eigenvalue weighted by Crippen LogP contribution is -2.45. The maximum Gasteiger partial charge on any atom is 0.508 e. The van der Waals surface area contributed by atoms with Gasteiger partial charge >= 0.3 is 12.1 Å². The molecule has 7 nitrogen and oxygen atoms in total. The van der Waals surface area contributed by atoms with Crippen molar-refractivity contribution < 1.29 is 24.2 Å². The molecule has 0 aliphatic heterocycles. The molecule has 304 valence electrons. The molecule has 0 bridgehead atoms. The molecule has 0 aromatic heterocycles. The molecule has 0 aliphatic carbocycles. The third-order valence-corrected chi connectivity index (χ3v) is 11.1. The quantitative estimate of drug-likeness (QED) is 0.0501. The lowest BCUT2D eigenvalue weighted by Gasteiger charge is -2.36. The highest BCUT2D eigenvalue weighted by Crippen LogP contribution is 2.25. The summed E-state index contributed by atoms with van der Waals surface area (Å²) in [5.74, 6) is 0.0575. The van der Waals surface area contributed by atoms with Crippen LogP contribution < -0.4 is 0 Å². The fraction of sp³-hybridized carbons (Fsp3) is 0.955. The molecule has 7 heteroatoms. The number of ether oxygens (including phenoxy) is 2. The number of carbonyl (C=O) groups excluding carboxylic acids is 1. The topological polar surface area (TPSA) is 79.3 Å². The molecule has 0 aliphatic rings. The number of carboxylic acid groups (broad SMARTS) is 1. The van der Waals surface area contributed by atoms with Crippen LogP contribution in [0.5, 0.6) is 0 Å². The van der Waals surface area contributed by atoms with E-state index in [1.165, 1.54) is 103 Å². The summed E-state index contributed by atoms with van der Waals surface area (Å²) in [4.78, 5) is 28.8. The van der Waals surface area contributed by atoms with E-state index >= 15 is 0 Å². The number of rotatable bonds is 38. The third kappa shape index (κ3) is 29.8. The van der Waals surface area contributed by atoms with Gasteiger partial charge in [0, 0.05) is 38.1 Å². The average Bonchev–Trinajstić information content (AvgIpc) is 3.10. The lowest BCUT2D eigenvalue weighted by atomic mass is 9.88. The van der Waals surface area contributed by atoms with Gasteiger partial charge in [-0.3, -0.25) is 14.6 Å². The minimum Gasteiger partial charge on any atom is -0.481 e. The van der Waals surface area contributed by atoms with Crippen LogP contribution in [0.15, 0.2) is 0 Å². The van der Waals surface area contributed by atoms with Crippen molar-refractivity contribution in [2.75, 3.05) is 32.8 Å². The molecule has 0 amide bonds. The molecule has 0 saturated carbocycles. The Morgan fingerprint density at radius 2 is 1.00 bits per heavy atom. The summed E-state index contributed by atoms with van der Waals surface area (Å²) in [5, 5.41) is 8.84. The first-order valence-corrected chi connectivity index (χ1v) is 22.2. The Labute approximate surface area is 317 Å². The SMILES string of the molecule is CCCCCCCCCCC(CCCCCCCCC(=O)O)OC(=O)OCCN(CCN(CC)C(C)C(CCCC)CCCCCCC)C(C)C. The zero-order valence-corrected chi connectivity index (χ0v) is 35.2. The van der Waals surface area contributed by atoms with Crippen molar-refractivity contribution in [1.82, 2.24) is 9.80 Å². The molecule has 51 heavy (non-hydrogen) atoms. The molecule has 0 fully saturated rings. The molecule has 0 rings (SSSR count). The highest BCUT2D eigenvalue weighted by molar-refractivity contribution is 5.66. The first kappa shape index (κ1) is 49.7. The molecule has 3 unspecified atom stereocenters. The van der Waals surface area contributed by atoms with Gasteiger partial charge in [0.2, 0.25) is 0 Å². The first-order chi connectivity index (χ1) is 24.7. The largest absolute Gasteiger partial charge is 0.508 e. The van der Waals surface area contributed by atoms with E-state index in [4.69, 9.17) is 14.6 Å². The van der Waals surface area contributed by atoms with Crippen molar-refractivity contribution in [3.8, 4) is 0 Å². The van der Waals surface area contributed by atoms with Gasteiger partial charge in [-0.05, 0) is 78.2 Å². The first-order valence-electron chi connectivity index (χ1n) is 22.2. The lowest BCUT2D eigenvalue weighted by molar-refractivity contribution is -0.137. The van der Waals surface area contributed by atoms with Gasteiger partial charge in [0.05, 0.1) is 0 Å². The summed E-state index contributed by atoms with van der Waals surface area (Å²) in [6, 6.07) is 0.967. The van der Waals surface area contributed by atoms with E-state index in [1.54, 1.807) is 0 Å². The van der Waals surface area contributed by atoms with Gasteiger partial charge in [-0.2, -0.15) is 0 Å². The van der Waals surface area contributed by atoms with Crippen molar-refractivity contribution in [2.24, 2.45) is 5.92 Å². The van der Waals surface area contributed by atoms with Gasteiger partial charge in [0.15, 0.2) is 0 Å². The minimum absolute atomic E-state index is 0.0855. The molecule has 0 aromatic carbocycles. The summed E-state index contributed by atoms with van der Waals surface area (Å²) in [5.41, 5.74) is 0. The number of carboxylic acids is 1. The van der Waals surface area contributed by atoms with Crippen molar-refractivity contribution in [1.29, 1.82) is 0 Å². The predicted molar refractivity (Wildman–Crippen MR) is 218 cm³/mol. The van der Waals surface area contributed by atoms with Gasteiger partial charge < -0.3 is 14.6 Å². The summed E-state index contributed by atoms with van der Waals surface area (Å²) >= 11 is 0.